The van der Waals surface area contributed by atoms with Gasteiger partial charge < -0.3 is 9.47 Å². The first-order chi connectivity index (χ1) is 13.4. The molecule has 0 aromatic heterocycles. The van der Waals surface area contributed by atoms with E-state index in [0.29, 0.717) is 0 Å². The van der Waals surface area contributed by atoms with E-state index in [1.807, 2.05) is 0 Å². The molecule has 0 N–H and O–H groups in total. The predicted octanol–water partition coefficient (Wildman–Crippen LogP) is 5.36. The standard InChI is InChI=1S/C23H51N3O2/c1-10-15-24(16-11-2)20(6)27-22(8)26(19-14-5)23(9)28-21(7)25(17-12-3)18-13-4/h20-23H,10-19H2,1-9H3. The van der Waals surface area contributed by atoms with Gasteiger partial charge in [-0.05, 0) is 59.8 Å². The molecule has 0 aliphatic heterocycles. The van der Waals surface area contributed by atoms with Crippen LogP contribution in [0.15, 0.2) is 0 Å². The zero-order valence-electron chi connectivity index (χ0n) is 20.5. The van der Waals surface area contributed by atoms with E-state index < -0.39 is 0 Å². The lowest BCUT2D eigenvalue weighted by atomic mass is 10.3. The lowest BCUT2D eigenvalue weighted by Crippen LogP contribution is -2.50. The van der Waals surface area contributed by atoms with Crippen LogP contribution in [0.3, 0.4) is 0 Å². The lowest BCUT2D eigenvalue weighted by Gasteiger charge is -2.40. The van der Waals surface area contributed by atoms with Crippen molar-refractivity contribution in [2.45, 2.75) is 119 Å². The Morgan fingerprint density at radius 3 is 1.00 bits per heavy atom. The van der Waals surface area contributed by atoms with Crippen molar-refractivity contribution in [3.05, 3.63) is 0 Å². The van der Waals surface area contributed by atoms with E-state index in [9.17, 15) is 0 Å². The molecule has 170 valence electrons. The highest BCUT2D eigenvalue weighted by Gasteiger charge is 2.26. The van der Waals surface area contributed by atoms with E-state index in [4.69, 9.17) is 9.47 Å². The zero-order valence-corrected chi connectivity index (χ0v) is 20.5. The van der Waals surface area contributed by atoms with Gasteiger partial charge in [-0.15, -0.1) is 0 Å². The minimum atomic E-state index is 0.0270. The largest absolute Gasteiger partial charge is 0.345 e. The molecule has 0 heterocycles. The molecule has 0 aromatic carbocycles. The molecule has 0 aliphatic carbocycles. The van der Waals surface area contributed by atoms with Crippen LogP contribution in [0.4, 0.5) is 0 Å². The summed E-state index contributed by atoms with van der Waals surface area (Å²) in [5.41, 5.74) is 0. The lowest BCUT2D eigenvalue weighted by molar-refractivity contribution is -0.209. The summed E-state index contributed by atoms with van der Waals surface area (Å²) in [7, 11) is 0. The van der Waals surface area contributed by atoms with Crippen LogP contribution in [0.2, 0.25) is 0 Å². The Hall–Kier alpha value is -0.200. The van der Waals surface area contributed by atoms with Crippen molar-refractivity contribution in [3.8, 4) is 0 Å². The van der Waals surface area contributed by atoms with Gasteiger partial charge in [0.15, 0.2) is 0 Å². The summed E-state index contributed by atoms with van der Waals surface area (Å²) in [6.07, 6.45) is 6.01. The second-order valence-corrected chi connectivity index (χ2v) is 7.98. The van der Waals surface area contributed by atoms with E-state index >= 15 is 0 Å². The molecule has 0 aromatic rings. The molecule has 0 fully saturated rings. The molecule has 5 nitrogen and oxygen atoms in total. The molecule has 0 rings (SSSR count). The van der Waals surface area contributed by atoms with Crippen LogP contribution in [0.25, 0.3) is 0 Å². The van der Waals surface area contributed by atoms with Gasteiger partial charge in [0.05, 0.1) is 0 Å². The van der Waals surface area contributed by atoms with Gasteiger partial charge in [-0.25, -0.2) is 0 Å². The smallest absolute Gasteiger partial charge is 0.111 e. The topological polar surface area (TPSA) is 28.2 Å². The molecule has 0 spiro atoms. The molecule has 0 saturated heterocycles. The van der Waals surface area contributed by atoms with Gasteiger partial charge in [-0.2, -0.15) is 0 Å². The van der Waals surface area contributed by atoms with Crippen molar-refractivity contribution in [1.29, 1.82) is 0 Å². The molecule has 4 atom stereocenters. The molecule has 0 amide bonds. The molecule has 0 bridgehead atoms. The summed E-state index contributed by atoms with van der Waals surface area (Å²) in [4.78, 5) is 7.25. The molecule has 28 heavy (non-hydrogen) atoms. The van der Waals surface area contributed by atoms with Crippen molar-refractivity contribution < 1.29 is 9.47 Å². The minimum Gasteiger partial charge on any atom is -0.345 e. The average Bonchev–Trinajstić information content (AvgIpc) is 2.65. The Morgan fingerprint density at radius 2 is 0.750 bits per heavy atom. The van der Waals surface area contributed by atoms with Gasteiger partial charge in [-0.1, -0.05) is 34.6 Å². The van der Waals surface area contributed by atoms with Crippen LogP contribution < -0.4 is 0 Å². The SMILES string of the molecule is CCCN(CCC)C(C)OC(C)N(CCC)C(C)OC(C)N(CCC)CCC. The van der Waals surface area contributed by atoms with Crippen LogP contribution in [0.5, 0.6) is 0 Å². The maximum atomic E-state index is 6.45. The number of ether oxygens (including phenoxy) is 2. The van der Waals surface area contributed by atoms with Crippen molar-refractivity contribution >= 4 is 0 Å². The van der Waals surface area contributed by atoms with Gasteiger partial charge in [0, 0.05) is 32.7 Å². The summed E-state index contributed by atoms with van der Waals surface area (Å²) in [5.74, 6) is 0. The van der Waals surface area contributed by atoms with E-state index in [2.05, 4.69) is 77.0 Å². The third-order valence-electron chi connectivity index (χ3n) is 5.28. The average molecular weight is 402 g/mol. The quantitative estimate of drug-likeness (QED) is 0.288. The number of hydrogen-bond acceptors (Lipinski definition) is 5. The van der Waals surface area contributed by atoms with Gasteiger partial charge >= 0.3 is 0 Å². The highest BCUT2D eigenvalue weighted by Crippen LogP contribution is 2.16. The van der Waals surface area contributed by atoms with E-state index in [-0.39, 0.29) is 24.9 Å². The summed E-state index contributed by atoms with van der Waals surface area (Å²) in [6, 6.07) is 0. The van der Waals surface area contributed by atoms with Gasteiger partial charge in [0.2, 0.25) is 0 Å². The Balaban J connectivity index is 4.95. The summed E-state index contributed by atoms with van der Waals surface area (Å²) in [5, 5.41) is 0. The Kier molecular flexibility index (Phi) is 16.5. The first-order valence-electron chi connectivity index (χ1n) is 11.9. The molecular formula is C23H51N3O2. The highest BCUT2D eigenvalue weighted by molar-refractivity contribution is 4.67. The Bertz CT molecular complexity index is 315. The van der Waals surface area contributed by atoms with Gasteiger partial charge in [-0.3, -0.25) is 14.7 Å². The number of rotatable bonds is 18. The molecule has 4 unspecified atom stereocenters. The van der Waals surface area contributed by atoms with Crippen molar-refractivity contribution in [2.75, 3.05) is 32.7 Å². The first kappa shape index (κ1) is 27.8. The fraction of sp³-hybridized carbons (Fsp3) is 1.00. The highest BCUT2D eigenvalue weighted by atomic mass is 16.6. The second-order valence-electron chi connectivity index (χ2n) is 7.98. The summed E-state index contributed by atoms with van der Waals surface area (Å²) < 4.78 is 12.9. The third kappa shape index (κ3) is 10.5. The number of nitrogens with zero attached hydrogens (tertiary/aromatic N) is 3. The maximum absolute atomic E-state index is 6.45. The van der Waals surface area contributed by atoms with Crippen LogP contribution in [-0.2, 0) is 9.47 Å². The Morgan fingerprint density at radius 1 is 0.464 bits per heavy atom. The number of hydrogen-bond donors (Lipinski definition) is 0. The van der Waals surface area contributed by atoms with Crippen LogP contribution in [0, 0.1) is 0 Å². The monoisotopic (exact) mass is 401 g/mol. The van der Waals surface area contributed by atoms with Crippen molar-refractivity contribution in [1.82, 2.24) is 14.7 Å². The van der Waals surface area contributed by atoms with Gasteiger partial charge in [0.25, 0.3) is 0 Å². The fourth-order valence-electron chi connectivity index (χ4n) is 3.92. The maximum Gasteiger partial charge on any atom is 0.111 e. The van der Waals surface area contributed by atoms with Gasteiger partial charge in [0.1, 0.15) is 24.9 Å². The molecular weight excluding hydrogens is 350 g/mol. The van der Waals surface area contributed by atoms with Crippen molar-refractivity contribution in [3.63, 3.8) is 0 Å². The summed E-state index contributed by atoms with van der Waals surface area (Å²) in [6.45, 7) is 25.2. The molecule has 0 radical (unpaired) electrons. The van der Waals surface area contributed by atoms with Crippen LogP contribution in [0.1, 0.15) is 94.4 Å². The van der Waals surface area contributed by atoms with Crippen LogP contribution in [-0.4, -0.2) is 72.3 Å². The second kappa shape index (κ2) is 16.6. The third-order valence-corrected chi connectivity index (χ3v) is 5.28. The summed E-state index contributed by atoms with van der Waals surface area (Å²) >= 11 is 0. The zero-order chi connectivity index (χ0) is 21.5. The van der Waals surface area contributed by atoms with E-state index in [0.717, 1.165) is 64.8 Å². The Labute approximate surface area is 176 Å². The predicted molar refractivity (Wildman–Crippen MR) is 121 cm³/mol. The normalized spacial score (nSPS) is 16.7. The van der Waals surface area contributed by atoms with Crippen molar-refractivity contribution in [2.24, 2.45) is 0 Å². The van der Waals surface area contributed by atoms with E-state index in [1.54, 1.807) is 0 Å². The van der Waals surface area contributed by atoms with E-state index in [1.165, 1.54) is 0 Å². The molecule has 5 heteroatoms. The fourth-order valence-corrected chi connectivity index (χ4v) is 3.92. The molecule has 0 aliphatic rings. The molecule has 0 saturated carbocycles. The first-order valence-corrected chi connectivity index (χ1v) is 11.9. The minimum absolute atomic E-state index is 0.0270. The van der Waals surface area contributed by atoms with Crippen LogP contribution >= 0.6 is 0 Å².